The Morgan fingerprint density at radius 1 is 1.16 bits per heavy atom. The van der Waals surface area contributed by atoms with Gasteiger partial charge < -0.3 is 15.0 Å². The van der Waals surface area contributed by atoms with E-state index in [1.54, 1.807) is 0 Å². The molecular formula is C16H28N2O. The minimum absolute atomic E-state index is 0.572. The average Bonchev–Trinajstić information content (AvgIpc) is 2.36. The highest BCUT2D eigenvalue weighted by molar-refractivity contribution is 5.27. The molecule has 0 bridgehead atoms. The summed E-state index contributed by atoms with van der Waals surface area (Å²) < 4.78 is 5.44. The van der Waals surface area contributed by atoms with Crippen LogP contribution in [-0.4, -0.2) is 38.2 Å². The summed E-state index contributed by atoms with van der Waals surface area (Å²) in [6.45, 7) is 9.17. The fraction of sp³-hybridized carbons (Fsp3) is 0.625. The number of benzene rings is 1. The van der Waals surface area contributed by atoms with Crippen LogP contribution in [0.4, 0.5) is 0 Å². The summed E-state index contributed by atoms with van der Waals surface area (Å²) in [6, 6.07) is 8.89. The monoisotopic (exact) mass is 264 g/mol. The first-order valence-electron chi connectivity index (χ1n) is 7.13. The fourth-order valence-electron chi connectivity index (χ4n) is 2.25. The van der Waals surface area contributed by atoms with Gasteiger partial charge in [-0.3, -0.25) is 0 Å². The van der Waals surface area contributed by atoms with Crippen molar-refractivity contribution in [2.75, 3.05) is 27.2 Å². The second kappa shape index (κ2) is 8.18. The molecule has 108 valence electrons. The van der Waals surface area contributed by atoms with Crippen molar-refractivity contribution < 1.29 is 4.74 Å². The maximum absolute atomic E-state index is 5.44. The van der Waals surface area contributed by atoms with Gasteiger partial charge in [-0.05, 0) is 44.6 Å². The van der Waals surface area contributed by atoms with Gasteiger partial charge in [0.1, 0.15) is 5.75 Å². The second-order valence-corrected chi connectivity index (χ2v) is 5.48. The van der Waals surface area contributed by atoms with Gasteiger partial charge in [0, 0.05) is 19.1 Å². The normalized spacial score (nSPS) is 13.0. The SMILES string of the molecule is CCOc1ccc(CNCC(C(C)C)N(C)C)cc1. The molecular weight excluding hydrogens is 236 g/mol. The van der Waals surface area contributed by atoms with E-state index in [9.17, 15) is 0 Å². The minimum Gasteiger partial charge on any atom is -0.494 e. The van der Waals surface area contributed by atoms with Gasteiger partial charge in [0.2, 0.25) is 0 Å². The van der Waals surface area contributed by atoms with Gasteiger partial charge in [-0.25, -0.2) is 0 Å². The molecule has 0 saturated heterocycles. The van der Waals surface area contributed by atoms with Crippen LogP contribution in [0.2, 0.25) is 0 Å². The van der Waals surface area contributed by atoms with Crippen molar-refractivity contribution in [3.63, 3.8) is 0 Å². The molecule has 1 rings (SSSR count). The van der Waals surface area contributed by atoms with Gasteiger partial charge in [0.15, 0.2) is 0 Å². The zero-order valence-corrected chi connectivity index (χ0v) is 12.9. The van der Waals surface area contributed by atoms with Crippen LogP contribution in [0.15, 0.2) is 24.3 Å². The highest BCUT2D eigenvalue weighted by Crippen LogP contribution is 2.12. The Morgan fingerprint density at radius 3 is 2.26 bits per heavy atom. The summed E-state index contributed by atoms with van der Waals surface area (Å²) in [4.78, 5) is 2.29. The lowest BCUT2D eigenvalue weighted by Gasteiger charge is -2.28. The maximum Gasteiger partial charge on any atom is 0.119 e. The van der Waals surface area contributed by atoms with E-state index in [4.69, 9.17) is 4.74 Å². The Hall–Kier alpha value is -1.06. The maximum atomic E-state index is 5.44. The van der Waals surface area contributed by atoms with Crippen LogP contribution < -0.4 is 10.1 Å². The van der Waals surface area contributed by atoms with Crippen LogP contribution >= 0.6 is 0 Å². The Kier molecular flexibility index (Phi) is 6.89. The third kappa shape index (κ3) is 5.62. The molecule has 0 spiro atoms. The molecule has 0 amide bonds. The van der Waals surface area contributed by atoms with Crippen LogP contribution in [-0.2, 0) is 6.54 Å². The molecule has 1 atom stereocenters. The average molecular weight is 264 g/mol. The standard InChI is InChI=1S/C16H28N2O/c1-6-19-15-9-7-14(8-10-15)11-17-12-16(13(2)3)18(4)5/h7-10,13,16-17H,6,11-12H2,1-5H3. The van der Waals surface area contributed by atoms with E-state index in [1.807, 2.05) is 19.1 Å². The minimum atomic E-state index is 0.572. The van der Waals surface area contributed by atoms with Gasteiger partial charge in [-0.1, -0.05) is 26.0 Å². The van der Waals surface area contributed by atoms with E-state index in [0.717, 1.165) is 25.4 Å². The topological polar surface area (TPSA) is 24.5 Å². The highest BCUT2D eigenvalue weighted by Gasteiger charge is 2.14. The third-order valence-corrected chi connectivity index (χ3v) is 3.35. The molecule has 0 fully saturated rings. The van der Waals surface area contributed by atoms with E-state index in [1.165, 1.54) is 5.56 Å². The molecule has 19 heavy (non-hydrogen) atoms. The van der Waals surface area contributed by atoms with Crippen molar-refractivity contribution in [1.29, 1.82) is 0 Å². The number of rotatable bonds is 8. The van der Waals surface area contributed by atoms with Gasteiger partial charge in [0.25, 0.3) is 0 Å². The van der Waals surface area contributed by atoms with Crippen molar-refractivity contribution in [2.24, 2.45) is 5.92 Å². The number of hydrogen-bond donors (Lipinski definition) is 1. The summed E-state index contributed by atoms with van der Waals surface area (Å²) in [5, 5.41) is 3.53. The van der Waals surface area contributed by atoms with Crippen LogP contribution in [0.3, 0.4) is 0 Å². The molecule has 0 radical (unpaired) electrons. The van der Waals surface area contributed by atoms with Gasteiger partial charge in [0.05, 0.1) is 6.61 Å². The van der Waals surface area contributed by atoms with Crippen molar-refractivity contribution >= 4 is 0 Å². The molecule has 1 aromatic carbocycles. The first kappa shape index (κ1) is 16.0. The first-order valence-corrected chi connectivity index (χ1v) is 7.13. The number of ether oxygens (including phenoxy) is 1. The summed E-state index contributed by atoms with van der Waals surface area (Å²) in [5.41, 5.74) is 1.30. The van der Waals surface area contributed by atoms with Crippen molar-refractivity contribution in [3.8, 4) is 5.75 Å². The molecule has 1 unspecified atom stereocenters. The van der Waals surface area contributed by atoms with Gasteiger partial charge in [-0.15, -0.1) is 0 Å². The van der Waals surface area contributed by atoms with E-state index < -0.39 is 0 Å². The number of nitrogens with zero attached hydrogens (tertiary/aromatic N) is 1. The first-order chi connectivity index (χ1) is 9.04. The molecule has 3 nitrogen and oxygen atoms in total. The number of nitrogens with one attached hydrogen (secondary N) is 1. The molecule has 1 N–H and O–H groups in total. The lowest BCUT2D eigenvalue weighted by atomic mass is 10.0. The Morgan fingerprint density at radius 2 is 1.79 bits per heavy atom. The molecule has 0 aliphatic rings. The van der Waals surface area contributed by atoms with Gasteiger partial charge >= 0.3 is 0 Å². The molecule has 0 heterocycles. The highest BCUT2D eigenvalue weighted by atomic mass is 16.5. The Labute approximate surface area is 118 Å². The fourth-order valence-corrected chi connectivity index (χ4v) is 2.25. The summed E-state index contributed by atoms with van der Waals surface area (Å²) in [5.74, 6) is 1.60. The van der Waals surface area contributed by atoms with Crippen molar-refractivity contribution in [2.45, 2.75) is 33.4 Å². The van der Waals surface area contributed by atoms with E-state index in [2.05, 4.69) is 50.3 Å². The quantitative estimate of drug-likeness (QED) is 0.781. The molecule has 1 aromatic rings. The summed E-state index contributed by atoms with van der Waals surface area (Å²) in [7, 11) is 4.28. The zero-order chi connectivity index (χ0) is 14.3. The van der Waals surface area contributed by atoms with Crippen LogP contribution in [0.25, 0.3) is 0 Å². The summed E-state index contributed by atoms with van der Waals surface area (Å²) in [6.07, 6.45) is 0. The molecule has 0 aliphatic carbocycles. The van der Waals surface area contributed by atoms with Gasteiger partial charge in [-0.2, -0.15) is 0 Å². The van der Waals surface area contributed by atoms with Crippen LogP contribution in [0.5, 0.6) is 5.75 Å². The predicted molar refractivity (Wildman–Crippen MR) is 81.6 cm³/mol. The van der Waals surface area contributed by atoms with E-state index in [-0.39, 0.29) is 0 Å². The number of likely N-dealkylation sites (N-methyl/N-ethyl adjacent to an activating group) is 1. The lowest BCUT2D eigenvalue weighted by Crippen LogP contribution is -2.41. The largest absolute Gasteiger partial charge is 0.494 e. The smallest absolute Gasteiger partial charge is 0.119 e. The molecule has 0 aromatic heterocycles. The molecule has 0 aliphatic heterocycles. The lowest BCUT2D eigenvalue weighted by molar-refractivity contribution is 0.224. The zero-order valence-electron chi connectivity index (χ0n) is 12.9. The molecule has 0 saturated carbocycles. The Balaban J connectivity index is 2.39. The second-order valence-electron chi connectivity index (χ2n) is 5.48. The van der Waals surface area contributed by atoms with E-state index in [0.29, 0.717) is 12.0 Å². The number of hydrogen-bond acceptors (Lipinski definition) is 3. The Bertz CT molecular complexity index is 338. The van der Waals surface area contributed by atoms with Crippen molar-refractivity contribution in [3.05, 3.63) is 29.8 Å². The van der Waals surface area contributed by atoms with Crippen molar-refractivity contribution in [1.82, 2.24) is 10.2 Å². The summed E-state index contributed by atoms with van der Waals surface area (Å²) >= 11 is 0. The van der Waals surface area contributed by atoms with E-state index >= 15 is 0 Å². The third-order valence-electron chi connectivity index (χ3n) is 3.35. The predicted octanol–water partition coefficient (Wildman–Crippen LogP) is 2.76. The van der Waals surface area contributed by atoms with Crippen LogP contribution in [0, 0.1) is 5.92 Å². The molecule has 3 heteroatoms. The van der Waals surface area contributed by atoms with Crippen LogP contribution in [0.1, 0.15) is 26.3 Å².